The second kappa shape index (κ2) is 6.44. The Morgan fingerprint density at radius 3 is 2.38 bits per heavy atom. The molecule has 0 saturated heterocycles. The number of rotatable bonds is 4. The monoisotopic (exact) mass is 338 g/mol. The van der Waals surface area contributed by atoms with Crippen molar-refractivity contribution in [2.24, 2.45) is 0 Å². The Hall–Kier alpha value is -1.60. The topological polar surface area (TPSA) is 0 Å². The van der Waals surface area contributed by atoms with Crippen molar-refractivity contribution in [1.29, 1.82) is 0 Å². The van der Waals surface area contributed by atoms with Crippen LogP contribution in [0.25, 0.3) is 10.8 Å². The Balaban J connectivity index is 1.87. The summed E-state index contributed by atoms with van der Waals surface area (Å²) in [4.78, 5) is 0.370. The molecule has 0 aliphatic carbocycles. The molecule has 1 heteroatoms. The SMILES string of the molecule is CCc1ccccc1C(Br)Cc1ccc2ccccc2c1. The summed E-state index contributed by atoms with van der Waals surface area (Å²) in [5, 5.41) is 2.62. The summed E-state index contributed by atoms with van der Waals surface area (Å²) >= 11 is 3.88. The second-order valence-electron chi connectivity index (χ2n) is 5.41. The predicted octanol–water partition coefficient (Wildman–Crippen LogP) is 6.08. The average molecular weight is 339 g/mol. The van der Waals surface area contributed by atoms with Gasteiger partial charge >= 0.3 is 0 Å². The van der Waals surface area contributed by atoms with Crippen molar-refractivity contribution in [3.8, 4) is 0 Å². The molecule has 0 spiro atoms. The van der Waals surface area contributed by atoms with Gasteiger partial charge in [-0.1, -0.05) is 89.6 Å². The third-order valence-electron chi connectivity index (χ3n) is 4.00. The fraction of sp³-hybridized carbons (Fsp3) is 0.200. The molecule has 0 amide bonds. The van der Waals surface area contributed by atoms with E-state index in [0.717, 1.165) is 12.8 Å². The molecule has 0 aromatic heterocycles. The van der Waals surface area contributed by atoms with Crippen molar-refractivity contribution in [1.82, 2.24) is 0 Å². The van der Waals surface area contributed by atoms with Crippen LogP contribution in [0.1, 0.15) is 28.4 Å². The molecule has 0 fully saturated rings. The number of hydrogen-bond acceptors (Lipinski definition) is 0. The van der Waals surface area contributed by atoms with Crippen molar-refractivity contribution in [2.45, 2.75) is 24.6 Å². The highest BCUT2D eigenvalue weighted by Crippen LogP contribution is 2.30. The standard InChI is InChI=1S/C20H19Br/c1-2-16-7-5-6-10-19(16)20(21)14-15-11-12-17-8-3-4-9-18(17)13-15/h3-13,20H,2,14H2,1H3. The van der Waals surface area contributed by atoms with Crippen LogP contribution in [0.15, 0.2) is 66.7 Å². The number of hydrogen-bond donors (Lipinski definition) is 0. The predicted molar refractivity (Wildman–Crippen MR) is 95.1 cm³/mol. The van der Waals surface area contributed by atoms with Crippen molar-refractivity contribution in [2.75, 3.05) is 0 Å². The maximum absolute atomic E-state index is 3.88. The van der Waals surface area contributed by atoms with E-state index in [9.17, 15) is 0 Å². The number of alkyl halides is 1. The van der Waals surface area contributed by atoms with Gasteiger partial charge in [-0.05, 0) is 40.3 Å². The first-order valence-electron chi connectivity index (χ1n) is 7.47. The quantitative estimate of drug-likeness (QED) is 0.505. The van der Waals surface area contributed by atoms with Gasteiger partial charge in [-0.25, -0.2) is 0 Å². The van der Waals surface area contributed by atoms with Gasteiger partial charge in [0, 0.05) is 4.83 Å². The lowest BCUT2D eigenvalue weighted by Crippen LogP contribution is -1.99. The molecule has 1 unspecified atom stereocenters. The fourth-order valence-electron chi connectivity index (χ4n) is 2.84. The van der Waals surface area contributed by atoms with Crippen molar-refractivity contribution < 1.29 is 0 Å². The first-order valence-corrected chi connectivity index (χ1v) is 8.39. The van der Waals surface area contributed by atoms with Crippen LogP contribution in [-0.4, -0.2) is 0 Å². The number of fused-ring (bicyclic) bond motifs is 1. The molecular weight excluding hydrogens is 320 g/mol. The van der Waals surface area contributed by atoms with E-state index in [0.29, 0.717) is 4.83 Å². The van der Waals surface area contributed by atoms with E-state index in [4.69, 9.17) is 0 Å². The lowest BCUT2D eigenvalue weighted by Gasteiger charge is -2.15. The van der Waals surface area contributed by atoms with Gasteiger partial charge in [0.1, 0.15) is 0 Å². The Kier molecular flexibility index (Phi) is 4.40. The van der Waals surface area contributed by atoms with Crippen LogP contribution < -0.4 is 0 Å². The summed E-state index contributed by atoms with van der Waals surface area (Å²) in [6.07, 6.45) is 2.10. The van der Waals surface area contributed by atoms with E-state index in [-0.39, 0.29) is 0 Å². The summed E-state index contributed by atoms with van der Waals surface area (Å²) in [5.41, 5.74) is 4.22. The van der Waals surface area contributed by atoms with E-state index in [1.54, 1.807) is 0 Å². The van der Waals surface area contributed by atoms with Gasteiger partial charge in [-0.15, -0.1) is 0 Å². The third-order valence-corrected chi connectivity index (χ3v) is 4.82. The largest absolute Gasteiger partial charge is 0.0835 e. The maximum atomic E-state index is 3.88. The molecule has 21 heavy (non-hydrogen) atoms. The Bertz CT molecular complexity index is 745. The Morgan fingerprint density at radius 1 is 0.857 bits per heavy atom. The van der Waals surface area contributed by atoms with E-state index >= 15 is 0 Å². The summed E-state index contributed by atoms with van der Waals surface area (Å²) in [5.74, 6) is 0. The zero-order chi connectivity index (χ0) is 14.7. The van der Waals surface area contributed by atoms with Gasteiger partial charge < -0.3 is 0 Å². The fourth-order valence-corrected chi connectivity index (χ4v) is 3.66. The van der Waals surface area contributed by atoms with E-state index in [1.165, 1.54) is 27.5 Å². The summed E-state index contributed by atoms with van der Waals surface area (Å²) in [7, 11) is 0. The minimum Gasteiger partial charge on any atom is -0.0835 e. The molecule has 0 saturated carbocycles. The van der Waals surface area contributed by atoms with Gasteiger partial charge in [-0.3, -0.25) is 0 Å². The summed E-state index contributed by atoms with van der Waals surface area (Å²) < 4.78 is 0. The first-order chi connectivity index (χ1) is 10.3. The highest BCUT2D eigenvalue weighted by molar-refractivity contribution is 9.09. The van der Waals surface area contributed by atoms with Gasteiger partial charge in [0.15, 0.2) is 0 Å². The molecule has 0 heterocycles. The van der Waals surface area contributed by atoms with Crippen LogP contribution in [0.4, 0.5) is 0 Å². The Labute approximate surface area is 134 Å². The van der Waals surface area contributed by atoms with Gasteiger partial charge in [0.05, 0.1) is 0 Å². The van der Waals surface area contributed by atoms with Crippen molar-refractivity contribution >= 4 is 26.7 Å². The molecule has 0 bridgehead atoms. The minimum atomic E-state index is 0.370. The smallest absolute Gasteiger partial charge is 0.0438 e. The lowest BCUT2D eigenvalue weighted by atomic mass is 9.97. The molecule has 0 aliphatic rings. The van der Waals surface area contributed by atoms with Crippen molar-refractivity contribution in [3.05, 3.63) is 83.4 Å². The third kappa shape index (κ3) is 3.19. The molecule has 0 N–H and O–H groups in total. The molecule has 0 nitrogen and oxygen atoms in total. The maximum Gasteiger partial charge on any atom is 0.0438 e. The van der Waals surface area contributed by atoms with Crippen LogP contribution in [-0.2, 0) is 12.8 Å². The van der Waals surface area contributed by atoms with Crippen LogP contribution in [0, 0.1) is 0 Å². The van der Waals surface area contributed by atoms with E-state index < -0.39 is 0 Å². The van der Waals surface area contributed by atoms with E-state index in [2.05, 4.69) is 89.6 Å². The second-order valence-corrected chi connectivity index (χ2v) is 6.51. The number of benzene rings is 3. The highest BCUT2D eigenvalue weighted by Gasteiger charge is 2.12. The minimum absolute atomic E-state index is 0.370. The van der Waals surface area contributed by atoms with Gasteiger partial charge in [0.25, 0.3) is 0 Å². The molecule has 3 aromatic carbocycles. The van der Waals surface area contributed by atoms with Crippen LogP contribution >= 0.6 is 15.9 Å². The molecule has 3 aromatic rings. The molecule has 3 rings (SSSR count). The van der Waals surface area contributed by atoms with Crippen LogP contribution in [0.2, 0.25) is 0 Å². The normalized spacial score (nSPS) is 12.5. The molecule has 0 aliphatic heterocycles. The van der Waals surface area contributed by atoms with Crippen molar-refractivity contribution in [3.63, 3.8) is 0 Å². The summed E-state index contributed by atoms with van der Waals surface area (Å²) in [6, 6.07) is 24.0. The van der Waals surface area contributed by atoms with Gasteiger partial charge in [-0.2, -0.15) is 0 Å². The Morgan fingerprint density at radius 2 is 1.57 bits per heavy atom. The average Bonchev–Trinajstić information content (AvgIpc) is 2.54. The van der Waals surface area contributed by atoms with E-state index in [1.807, 2.05) is 0 Å². The molecule has 1 atom stereocenters. The van der Waals surface area contributed by atoms with Gasteiger partial charge in [0.2, 0.25) is 0 Å². The molecular formula is C20H19Br. The zero-order valence-electron chi connectivity index (χ0n) is 12.2. The number of halogens is 1. The highest BCUT2D eigenvalue weighted by atomic mass is 79.9. The first kappa shape index (κ1) is 14.3. The summed E-state index contributed by atoms with van der Waals surface area (Å²) in [6.45, 7) is 2.22. The molecule has 106 valence electrons. The van der Waals surface area contributed by atoms with Crippen LogP contribution in [0.3, 0.4) is 0 Å². The van der Waals surface area contributed by atoms with Crippen LogP contribution in [0.5, 0.6) is 0 Å². The number of aryl methyl sites for hydroxylation is 1. The molecule has 0 radical (unpaired) electrons. The zero-order valence-corrected chi connectivity index (χ0v) is 13.8. The lowest BCUT2D eigenvalue weighted by molar-refractivity contribution is 0.923.